The van der Waals surface area contributed by atoms with Crippen molar-refractivity contribution < 1.29 is 0 Å². The third kappa shape index (κ3) is 3.56. The average Bonchev–Trinajstić information content (AvgIpc) is 2.40. The Hall–Kier alpha value is -0.860. The molecule has 0 amide bonds. The quantitative estimate of drug-likeness (QED) is 0.885. The van der Waals surface area contributed by atoms with Crippen molar-refractivity contribution in [1.82, 2.24) is 4.90 Å². The van der Waals surface area contributed by atoms with Crippen LogP contribution in [-0.2, 0) is 6.42 Å². The highest BCUT2D eigenvalue weighted by molar-refractivity contribution is 5.14. The van der Waals surface area contributed by atoms with Crippen molar-refractivity contribution >= 4 is 0 Å². The van der Waals surface area contributed by atoms with Gasteiger partial charge in [0, 0.05) is 18.6 Å². The van der Waals surface area contributed by atoms with Crippen LogP contribution in [0.15, 0.2) is 30.3 Å². The monoisotopic (exact) mass is 246 g/mol. The highest BCUT2D eigenvalue weighted by atomic mass is 15.2. The molecule has 18 heavy (non-hydrogen) atoms. The molecule has 0 spiro atoms. The topological polar surface area (TPSA) is 29.3 Å². The molecule has 3 atom stereocenters. The molecule has 0 aromatic heterocycles. The standard InChI is InChI=1S/C16H26N2/c1-13-12-18(11-10-16(13)17)14(2)8-9-15-6-4-3-5-7-15/h3-7,13-14,16H,8-12,17H2,1-2H3. The van der Waals surface area contributed by atoms with E-state index in [0.29, 0.717) is 18.0 Å². The molecule has 0 aliphatic carbocycles. The molecule has 0 bridgehead atoms. The zero-order valence-corrected chi connectivity index (χ0v) is 11.7. The van der Waals surface area contributed by atoms with Crippen molar-refractivity contribution in [2.24, 2.45) is 11.7 Å². The summed E-state index contributed by atoms with van der Waals surface area (Å²) in [6.07, 6.45) is 3.57. The average molecular weight is 246 g/mol. The van der Waals surface area contributed by atoms with Crippen LogP contribution in [-0.4, -0.2) is 30.1 Å². The molecule has 1 fully saturated rings. The van der Waals surface area contributed by atoms with Crippen molar-refractivity contribution in [1.29, 1.82) is 0 Å². The molecule has 2 nitrogen and oxygen atoms in total. The second kappa shape index (κ2) is 6.35. The Morgan fingerprint density at radius 3 is 2.72 bits per heavy atom. The maximum absolute atomic E-state index is 6.08. The SMILES string of the molecule is CC1CN(C(C)CCc2ccccc2)CCC1N. The molecular formula is C16H26N2. The highest BCUT2D eigenvalue weighted by Gasteiger charge is 2.25. The molecule has 1 saturated heterocycles. The van der Waals surface area contributed by atoms with Gasteiger partial charge in [-0.2, -0.15) is 0 Å². The van der Waals surface area contributed by atoms with E-state index in [1.165, 1.54) is 24.9 Å². The smallest absolute Gasteiger partial charge is 0.00889 e. The molecule has 2 N–H and O–H groups in total. The third-order valence-corrected chi connectivity index (χ3v) is 4.32. The lowest BCUT2D eigenvalue weighted by molar-refractivity contribution is 0.119. The number of nitrogens with zero attached hydrogens (tertiary/aromatic N) is 1. The highest BCUT2D eigenvalue weighted by Crippen LogP contribution is 2.19. The van der Waals surface area contributed by atoms with Crippen LogP contribution >= 0.6 is 0 Å². The number of piperidine rings is 1. The Morgan fingerprint density at radius 2 is 2.06 bits per heavy atom. The molecule has 1 heterocycles. The van der Waals surface area contributed by atoms with E-state index in [-0.39, 0.29) is 0 Å². The van der Waals surface area contributed by atoms with Crippen molar-refractivity contribution in [3.8, 4) is 0 Å². The van der Waals surface area contributed by atoms with Gasteiger partial charge in [0.15, 0.2) is 0 Å². The van der Waals surface area contributed by atoms with E-state index in [9.17, 15) is 0 Å². The van der Waals surface area contributed by atoms with Crippen LogP contribution in [0.25, 0.3) is 0 Å². The molecule has 1 aromatic carbocycles. The number of nitrogens with two attached hydrogens (primary N) is 1. The lowest BCUT2D eigenvalue weighted by Crippen LogP contribution is -2.49. The lowest BCUT2D eigenvalue weighted by Gasteiger charge is -2.38. The second-order valence-electron chi connectivity index (χ2n) is 5.80. The Labute approximate surface area is 111 Å². The van der Waals surface area contributed by atoms with E-state index < -0.39 is 0 Å². The van der Waals surface area contributed by atoms with Crippen LogP contribution in [0, 0.1) is 5.92 Å². The first-order valence-electron chi connectivity index (χ1n) is 7.20. The van der Waals surface area contributed by atoms with Crippen molar-refractivity contribution in [2.45, 2.75) is 45.2 Å². The number of aryl methyl sites for hydroxylation is 1. The molecular weight excluding hydrogens is 220 g/mol. The summed E-state index contributed by atoms with van der Waals surface area (Å²) in [5.41, 5.74) is 7.53. The van der Waals surface area contributed by atoms with Gasteiger partial charge in [0.25, 0.3) is 0 Å². The van der Waals surface area contributed by atoms with Crippen molar-refractivity contribution in [2.75, 3.05) is 13.1 Å². The minimum absolute atomic E-state index is 0.405. The summed E-state index contributed by atoms with van der Waals surface area (Å²) < 4.78 is 0. The second-order valence-corrected chi connectivity index (χ2v) is 5.80. The first-order chi connectivity index (χ1) is 8.66. The van der Waals surface area contributed by atoms with Gasteiger partial charge in [-0.25, -0.2) is 0 Å². The minimum atomic E-state index is 0.405. The lowest BCUT2D eigenvalue weighted by atomic mass is 9.93. The van der Waals surface area contributed by atoms with Gasteiger partial charge < -0.3 is 10.6 Å². The van der Waals surface area contributed by atoms with Crippen LogP contribution in [0.1, 0.15) is 32.3 Å². The van der Waals surface area contributed by atoms with Gasteiger partial charge in [0.05, 0.1) is 0 Å². The summed E-state index contributed by atoms with van der Waals surface area (Å²) in [5, 5.41) is 0. The number of hydrogen-bond acceptors (Lipinski definition) is 2. The summed E-state index contributed by atoms with van der Waals surface area (Å²) in [6.45, 7) is 6.96. The van der Waals surface area contributed by atoms with Crippen LogP contribution in [0.5, 0.6) is 0 Å². The summed E-state index contributed by atoms with van der Waals surface area (Å²) in [6, 6.07) is 11.9. The van der Waals surface area contributed by atoms with E-state index in [1.54, 1.807) is 0 Å². The van der Waals surface area contributed by atoms with Gasteiger partial charge in [-0.15, -0.1) is 0 Å². The van der Waals surface area contributed by atoms with Crippen molar-refractivity contribution in [3.63, 3.8) is 0 Å². The summed E-state index contributed by atoms with van der Waals surface area (Å²) in [5.74, 6) is 0.637. The fraction of sp³-hybridized carbons (Fsp3) is 0.625. The molecule has 2 heteroatoms. The van der Waals surface area contributed by atoms with E-state index in [2.05, 4.69) is 49.1 Å². The van der Waals surface area contributed by atoms with E-state index in [1.807, 2.05) is 0 Å². The molecule has 3 unspecified atom stereocenters. The van der Waals surface area contributed by atoms with Gasteiger partial charge >= 0.3 is 0 Å². The van der Waals surface area contributed by atoms with Gasteiger partial charge in [-0.05, 0) is 44.2 Å². The van der Waals surface area contributed by atoms with E-state index in [0.717, 1.165) is 13.0 Å². The van der Waals surface area contributed by atoms with Crippen molar-refractivity contribution in [3.05, 3.63) is 35.9 Å². The molecule has 100 valence electrons. The fourth-order valence-electron chi connectivity index (χ4n) is 2.80. The fourth-order valence-corrected chi connectivity index (χ4v) is 2.80. The van der Waals surface area contributed by atoms with E-state index >= 15 is 0 Å². The zero-order chi connectivity index (χ0) is 13.0. The molecule has 1 aromatic rings. The first kappa shape index (κ1) is 13.6. The zero-order valence-electron chi connectivity index (χ0n) is 11.7. The van der Waals surface area contributed by atoms with Gasteiger partial charge in [0.2, 0.25) is 0 Å². The van der Waals surface area contributed by atoms with Crippen LogP contribution in [0.3, 0.4) is 0 Å². The predicted molar refractivity (Wildman–Crippen MR) is 77.6 cm³/mol. The maximum atomic E-state index is 6.08. The molecule has 2 rings (SSSR count). The number of hydrogen-bond donors (Lipinski definition) is 1. The Morgan fingerprint density at radius 1 is 1.33 bits per heavy atom. The normalized spacial score (nSPS) is 27.1. The third-order valence-electron chi connectivity index (χ3n) is 4.32. The predicted octanol–water partition coefficient (Wildman–Crippen LogP) is 2.68. The Bertz CT molecular complexity index is 349. The van der Waals surface area contributed by atoms with Gasteiger partial charge in [-0.3, -0.25) is 0 Å². The Balaban J connectivity index is 1.80. The van der Waals surface area contributed by atoms with Crippen LogP contribution in [0.2, 0.25) is 0 Å². The van der Waals surface area contributed by atoms with Gasteiger partial charge in [0.1, 0.15) is 0 Å². The number of likely N-dealkylation sites (tertiary alicyclic amines) is 1. The maximum Gasteiger partial charge on any atom is 0.00889 e. The number of rotatable bonds is 4. The molecule has 1 aliphatic heterocycles. The largest absolute Gasteiger partial charge is 0.327 e. The van der Waals surface area contributed by atoms with Crippen LogP contribution < -0.4 is 5.73 Å². The Kier molecular flexibility index (Phi) is 4.79. The number of benzene rings is 1. The molecule has 0 radical (unpaired) electrons. The summed E-state index contributed by atoms with van der Waals surface area (Å²) in [4.78, 5) is 2.61. The summed E-state index contributed by atoms with van der Waals surface area (Å²) >= 11 is 0. The summed E-state index contributed by atoms with van der Waals surface area (Å²) in [7, 11) is 0. The first-order valence-corrected chi connectivity index (χ1v) is 7.20. The van der Waals surface area contributed by atoms with E-state index in [4.69, 9.17) is 5.73 Å². The van der Waals surface area contributed by atoms with Crippen LogP contribution in [0.4, 0.5) is 0 Å². The van der Waals surface area contributed by atoms with Gasteiger partial charge in [-0.1, -0.05) is 37.3 Å². The molecule has 0 saturated carbocycles. The minimum Gasteiger partial charge on any atom is -0.327 e. The molecule has 1 aliphatic rings.